The number of halogens is 1. The summed E-state index contributed by atoms with van der Waals surface area (Å²) in [4.78, 5) is 23.5. The summed E-state index contributed by atoms with van der Waals surface area (Å²) in [6, 6.07) is -0.686. The number of amides is 2. The molecule has 1 atom stereocenters. The molecule has 0 aliphatic carbocycles. The van der Waals surface area contributed by atoms with Crippen molar-refractivity contribution in [1.82, 2.24) is 14.4 Å². The first-order valence-corrected chi connectivity index (χ1v) is 6.70. The van der Waals surface area contributed by atoms with E-state index in [1.807, 2.05) is 20.8 Å². The Balaban J connectivity index is 4.72. The molecule has 0 aliphatic heterocycles. The SMILES string of the molecule is CC(C)(C)OC(=O)N[C@H](C(=O)NNI)C(C)(C)C. The summed E-state index contributed by atoms with van der Waals surface area (Å²) in [6.07, 6.45) is -0.606. The van der Waals surface area contributed by atoms with Crippen molar-refractivity contribution in [2.75, 3.05) is 0 Å². The van der Waals surface area contributed by atoms with Gasteiger partial charge in [0, 0.05) is 22.9 Å². The van der Waals surface area contributed by atoms with Crippen LogP contribution in [0.25, 0.3) is 0 Å². The number of alkyl carbamates (subject to hydrolysis) is 1. The minimum Gasteiger partial charge on any atom is -0.444 e. The van der Waals surface area contributed by atoms with E-state index in [1.165, 1.54) is 0 Å². The molecular formula is C11H22IN3O3. The summed E-state index contributed by atoms with van der Waals surface area (Å²) in [5.74, 6) is -0.317. The van der Waals surface area contributed by atoms with E-state index in [2.05, 4.69) is 14.4 Å². The van der Waals surface area contributed by atoms with Crippen molar-refractivity contribution in [3.63, 3.8) is 0 Å². The van der Waals surface area contributed by atoms with Gasteiger partial charge in [0.05, 0.1) is 0 Å². The van der Waals surface area contributed by atoms with E-state index in [1.54, 1.807) is 43.6 Å². The van der Waals surface area contributed by atoms with Crippen LogP contribution in [0.1, 0.15) is 41.5 Å². The zero-order valence-corrected chi connectivity index (χ0v) is 13.8. The maximum Gasteiger partial charge on any atom is 0.408 e. The Morgan fingerprint density at radius 2 is 1.61 bits per heavy atom. The number of hydrazine groups is 1. The molecule has 0 aromatic heterocycles. The van der Waals surface area contributed by atoms with Gasteiger partial charge in [-0.3, -0.25) is 10.2 Å². The van der Waals surface area contributed by atoms with Crippen molar-refractivity contribution in [3.8, 4) is 0 Å². The summed E-state index contributed by atoms with van der Waals surface area (Å²) in [5, 5.41) is 2.58. The molecule has 0 saturated carbocycles. The van der Waals surface area contributed by atoms with Gasteiger partial charge >= 0.3 is 6.09 Å². The first kappa shape index (κ1) is 17.4. The molecule has 0 bridgehead atoms. The average molecular weight is 371 g/mol. The van der Waals surface area contributed by atoms with E-state index in [9.17, 15) is 9.59 Å². The quantitative estimate of drug-likeness (QED) is 0.402. The van der Waals surface area contributed by atoms with Gasteiger partial charge < -0.3 is 10.1 Å². The van der Waals surface area contributed by atoms with Crippen LogP contribution in [-0.2, 0) is 9.53 Å². The van der Waals surface area contributed by atoms with Crippen LogP contribution >= 0.6 is 22.9 Å². The molecule has 2 amide bonds. The molecule has 0 aliphatic rings. The number of nitrogens with one attached hydrogen (secondary N) is 3. The second-order valence-corrected chi connectivity index (χ2v) is 6.57. The topological polar surface area (TPSA) is 79.5 Å². The Bertz CT molecular complexity index is 308. The number of carbonyl (C=O) groups is 2. The van der Waals surface area contributed by atoms with Crippen LogP contribution in [0, 0.1) is 5.41 Å². The van der Waals surface area contributed by atoms with Gasteiger partial charge in [-0.15, -0.1) is 0 Å². The first-order chi connectivity index (χ1) is 7.97. The van der Waals surface area contributed by atoms with E-state index in [0.29, 0.717) is 0 Å². The highest BCUT2D eigenvalue weighted by molar-refractivity contribution is 14.1. The number of carbonyl (C=O) groups excluding carboxylic acids is 2. The van der Waals surface area contributed by atoms with Crippen molar-refractivity contribution >= 4 is 34.9 Å². The lowest BCUT2D eigenvalue weighted by Gasteiger charge is -2.31. The average Bonchev–Trinajstić information content (AvgIpc) is 2.09. The predicted molar refractivity (Wildman–Crippen MR) is 77.9 cm³/mol. The van der Waals surface area contributed by atoms with Crippen molar-refractivity contribution < 1.29 is 14.3 Å². The lowest BCUT2D eigenvalue weighted by atomic mass is 9.86. The van der Waals surface area contributed by atoms with Crippen molar-refractivity contribution in [3.05, 3.63) is 0 Å². The van der Waals surface area contributed by atoms with Crippen LogP contribution < -0.4 is 14.4 Å². The second-order valence-electron chi connectivity index (χ2n) is 6.03. The monoisotopic (exact) mass is 371 g/mol. The molecule has 0 fully saturated rings. The van der Waals surface area contributed by atoms with Gasteiger partial charge in [0.15, 0.2) is 0 Å². The van der Waals surface area contributed by atoms with Gasteiger partial charge in [-0.1, -0.05) is 20.8 Å². The van der Waals surface area contributed by atoms with E-state index in [0.717, 1.165) is 0 Å². The van der Waals surface area contributed by atoms with Crippen LogP contribution in [0.15, 0.2) is 0 Å². The molecule has 0 radical (unpaired) electrons. The molecule has 7 heteroatoms. The molecule has 0 rings (SSSR count). The number of rotatable bonds is 3. The summed E-state index contributed by atoms with van der Waals surface area (Å²) in [5.41, 5.74) is 1.43. The summed E-state index contributed by atoms with van der Waals surface area (Å²) >= 11 is 1.79. The van der Waals surface area contributed by atoms with E-state index < -0.39 is 23.2 Å². The number of ether oxygens (including phenoxy) is 1. The molecule has 0 saturated heterocycles. The maximum atomic E-state index is 11.8. The summed E-state index contributed by atoms with van der Waals surface area (Å²) in [7, 11) is 0. The molecule has 0 aromatic rings. The second kappa shape index (κ2) is 6.55. The molecule has 0 unspecified atom stereocenters. The third-order valence-corrected chi connectivity index (χ3v) is 2.23. The van der Waals surface area contributed by atoms with Gasteiger partial charge in [0.2, 0.25) is 0 Å². The highest BCUT2D eigenvalue weighted by Crippen LogP contribution is 2.20. The fraction of sp³-hybridized carbons (Fsp3) is 0.818. The molecule has 3 N–H and O–H groups in total. The van der Waals surface area contributed by atoms with Crippen molar-refractivity contribution in [2.24, 2.45) is 5.41 Å². The summed E-state index contributed by atoms with van der Waals surface area (Å²) in [6.45, 7) is 10.9. The molecular weight excluding hydrogens is 349 g/mol. The van der Waals surface area contributed by atoms with Crippen LogP contribution in [-0.4, -0.2) is 23.6 Å². The number of hydrogen-bond acceptors (Lipinski definition) is 4. The molecule has 18 heavy (non-hydrogen) atoms. The Labute approximate surface area is 122 Å². The molecule has 6 nitrogen and oxygen atoms in total. The fourth-order valence-corrected chi connectivity index (χ4v) is 1.49. The zero-order valence-electron chi connectivity index (χ0n) is 11.7. The molecule has 0 aromatic carbocycles. The largest absolute Gasteiger partial charge is 0.444 e. The van der Waals surface area contributed by atoms with Crippen molar-refractivity contribution in [1.29, 1.82) is 0 Å². The fourth-order valence-electron chi connectivity index (χ4n) is 1.22. The maximum absolute atomic E-state index is 11.8. The first-order valence-electron chi connectivity index (χ1n) is 5.62. The Morgan fingerprint density at radius 1 is 1.11 bits per heavy atom. The Hall–Kier alpha value is -0.570. The normalized spacial score (nSPS) is 13.7. The van der Waals surface area contributed by atoms with Crippen molar-refractivity contribution in [2.45, 2.75) is 53.2 Å². The molecule has 0 spiro atoms. The van der Waals surface area contributed by atoms with Crippen LogP contribution in [0.3, 0.4) is 0 Å². The highest BCUT2D eigenvalue weighted by Gasteiger charge is 2.34. The molecule has 0 heterocycles. The lowest BCUT2D eigenvalue weighted by molar-refractivity contribution is -0.126. The third-order valence-electron chi connectivity index (χ3n) is 1.96. The van der Waals surface area contributed by atoms with E-state index in [-0.39, 0.29) is 5.91 Å². The third kappa shape index (κ3) is 7.00. The van der Waals surface area contributed by atoms with Gasteiger partial charge in [-0.05, 0) is 26.2 Å². The highest BCUT2D eigenvalue weighted by atomic mass is 127. The predicted octanol–water partition coefficient (Wildman–Crippen LogP) is 1.90. The van der Waals surface area contributed by atoms with Gasteiger partial charge in [-0.25, -0.2) is 4.79 Å². The van der Waals surface area contributed by atoms with Gasteiger partial charge in [0.1, 0.15) is 11.6 Å². The standard InChI is InChI=1S/C11H22IN3O3/c1-10(2,3)7(8(16)14-15-12)13-9(17)18-11(4,5)6/h7,15H,1-6H3,(H,13,17)(H,14,16)/t7-/m1/s1. The van der Waals surface area contributed by atoms with Crippen LogP contribution in [0.5, 0.6) is 0 Å². The van der Waals surface area contributed by atoms with Gasteiger partial charge in [0.25, 0.3) is 5.91 Å². The minimum absolute atomic E-state index is 0.317. The smallest absolute Gasteiger partial charge is 0.408 e. The van der Waals surface area contributed by atoms with Gasteiger partial charge in [-0.2, -0.15) is 3.64 Å². The van der Waals surface area contributed by atoms with Crippen LogP contribution in [0.2, 0.25) is 0 Å². The number of hydrogen-bond donors (Lipinski definition) is 3. The molecule has 106 valence electrons. The van der Waals surface area contributed by atoms with E-state index >= 15 is 0 Å². The Kier molecular flexibility index (Phi) is 6.35. The Morgan fingerprint density at radius 3 is 1.94 bits per heavy atom. The van der Waals surface area contributed by atoms with Crippen LogP contribution in [0.4, 0.5) is 4.79 Å². The van der Waals surface area contributed by atoms with E-state index in [4.69, 9.17) is 4.74 Å². The summed E-state index contributed by atoms with van der Waals surface area (Å²) < 4.78 is 7.66. The minimum atomic E-state index is -0.686. The lowest BCUT2D eigenvalue weighted by Crippen LogP contribution is -2.55. The zero-order chi connectivity index (χ0) is 14.6.